The van der Waals surface area contributed by atoms with Gasteiger partial charge in [0.05, 0.1) is 0 Å². The molecule has 0 saturated carbocycles. The third kappa shape index (κ3) is 2.97. The molecule has 94 valence electrons. The Hall–Kier alpha value is -0.110. The molecule has 0 radical (unpaired) electrons. The minimum absolute atomic E-state index is 0.312. The number of hydrogen-bond acceptors (Lipinski definition) is 3. The standard InChI is InChI=1S/C12H23O3P/c1-12(2,3)10-6-8-11(9-7-10)16(13,14-4)15-5/h8,10H,6-7,9H2,1-5H3. The molecule has 0 bridgehead atoms. The first-order chi connectivity index (χ1) is 7.33. The van der Waals surface area contributed by atoms with E-state index in [1.54, 1.807) is 0 Å². The molecule has 16 heavy (non-hydrogen) atoms. The van der Waals surface area contributed by atoms with Crippen molar-refractivity contribution in [1.82, 2.24) is 0 Å². The zero-order valence-electron chi connectivity index (χ0n) is 10.9. The van der Waals surface area contributed by atoms with E-state index in [1.165, 1.54) is 14.2 Å². The third-order valence-corrected chi connectivity index (χ3v) is 5.52. The smallest absolute Gasteiger partial charge is 0.309 e. The summed E-state index contributed by atoms with van der Waals surface area (Å²) in [6.45, 7) is 6.76. The molecule has 0 heterocycles. The number of rotatable bonds is 3. The lowest BCUT2D eigenvalue weighted by atomic mass is 9.74. The van der Waals surface area contributed by atoms with Crippen molar-refractivity contribution in [3.8, 4) is 0 Å². The average molecular weight is 246 g/mol. The molecule has 4 heteroatoms. The summed E-state index contributed by atoms with van der Waals surface area (Å²) in [4.78, 5) is 0. The minimum Gasteiger partial charge on any atom is -0.309 e. The van der Waals surface area contributed by atoms with Gasteiger partial charge in [-0.05, 0) is 30.6 Å². The van der Waals surface area contributed by atoms with Crippen LogP contribution in [0.15, 0.2) is 11.4 Å². The van der Waals surface area contributed by atoms with E-state index < -0.39 is 7.60 Å². The fourth-order valence-electron chi connectivity index (χ4n) is 2.16. The van der Waals surface area contributed by atoms with Gasteiger partial charge in [0.2, 0.25) is 0 Å². The highest BCUT2D eigenvalue weighted by atomic mass is 31.2. The maximum Gasteiger partial charge on any atom is 0.356 e. The van der Waals surface area contributed by atoms with Gasteiger partial charge in [-0.3, -0.25) is 4.57 Å². The van der Waals surface area contributed by atoms with E-state index in [0.717, 1.165) is 24.6 Å². The summed E-state index contributed by atoms with van der Waals surface area (Å²) in [5.74, 6) is 0.651. The van der Waals surface area contributed by atoms with Gasteiger partial charge in [-0.15, -0.1) is 0 Å². The SMILES string of the molecule is COP(=O)(OC)C1=CCC(C(C)(C)C)CC1. The van der Waals surface area contributed by atoms with Gasteiger partial charge in [0.25, 0.3) is 0 Å². The molecule has 1 atom stereocenters. The summed E-state index contributed by atoms with van der Waals surface area (Å²) < 4.78 is 22.2. The van der Waals surface area contributed by atoms with Crippen molar-refractivity contribution in [1.29, 1.82) is 0 Å². The van der Waals surface area contributed by atoms with Gasteiger partial charge in [-0.25, -0.2) is 0 Å². The lowest BCUT2D eigenvalue weighted by molar-refractivity contribution is 0.218. The van der Waals surface area contributed by atoms with E-state index in [0.29, 0.717) is 11.3 Å². The minimum atomic E-state index is -2.97. The van der Waals surface area contributed by atoms with E-state index in [-0.39, 0.29) is 0 Å². The van der Waals surface area contributed by atoms with Crippen LogP contribution in [-0.2, 0) is 13.6 Å². The monoisotopic (exact) mass is 246 g/mol. The molecule has 1 unspecified atom stereocenters. The largest absolute Gasteiger partial charge is 0.356 e. The molecule has 1 aliphatic rings. The van der Waals surface area contributed by atoms with E-state index >= 15 is 0 Å². The van der Waals surface area contributed by atoms with Gasteiger partial charge in [-0.2, -0.15) is 0 Å². The van der Waals surface area contributed by atoms with Gasteiger partial charge < -0.3 is 9.05 Å². The van der Waals surface area contributed by atoms with Gasteiger partial charge in [0, 0.05) is 19.5 Å². The van der Waals surface area contributed by atoms with Crippen LogP contribution in [0.1, 0.15) is 40.0 Å². The molecule has 0 aromatic heterocycles. The average Bonchev–Trinajstić information content (AvgIpc) is 2.27. The van der Waals surface area contributed by atoms with Crippen molar-refractivity contribution in [2.24, 2.45) is 11.3 Å². The van der Waals surface area contributed by atoms with Crippen molar-refractivity contribution < 1.29 is 13.6 Å². The molecule has 0 N–H and O–H groups in total. The Morgan fingerprint density at radius 2 is 1.88 bits per heavy atom. The summed E-state index contributed by atoms with van der Waals surface area (Å²) in [7, 11) is -0.0835. The maximum absolute atomic E-state index is 12.1. The van der Waals surface area contributed by atoms with E-state index in [2.05, 4.69) is 20.8 Å². The summed E-state index contributed by atoms with van der Waals surface area (Å²) >= 11 is 0. The zero-order valence-corrected chi connectivity index (χ0v) is 11.8. The van der Waals surface area contributed by atoms with Crippen molar-refractivity contribution in [2.45, 2.75) is 40.0 Å². The van der Waals surface area contributed by atoms with Gasteiger partial charge >= 0.3 is 7.60 Å². The highest BCUT2D eigenvalue weighted by Crippen LogP contribution is 2.58. The van der Waals surface area contributed by atoms with Crippen LogP contribution in [0.4, 0.5) is 0 Å². The van der Waals surface area contributed by atoms with Crippen LogP contribution < -0.4 is 0 Å². The molecule has 0 amide bonds. The van der Waals surface area contributed by atoms with Gasteiger partial charge in [-0.1, -0.05) is 26.8 Å². The summed E-state index contributed by atoms with van der Waals surface area (Å²) in [6.07, 6.45) is 4.90. The Morgan fingerprint density at radius 3 is 2.19 bits per heavy atom. The Bertz CT molecular complexity index is 307. The topological polar surface area (TPSA) is 35.5 Å². The van der Waals surface area contributed by atoms with Crippen LogP contribution in [0.5, 0.6) is 0 Å². The third-order valence-electron chi connectivity index (χ3n) is 3.44. The lowest BCUT2D eigenvalue weighted by Gasteiger charge is -2.34. The predicted octanol–water partition coefficient (Wildman–Crippen LogP) is 4.20. The molecule has 0 aromatic rings. The summed E-state index contributed by atoms with van der Waals surface area (Å²) in [5.41, 5.74) is 0.312. The predicted molar refractivity (Wildman–Crippen MR) is 66.5 cm³/mol. The first-order valence-corrected chi connectivity index (χ1v) is 7.29. The quantitative estimate of drug-likeness (QED) is 0.700. The molecular weight excluding hydrogens is 223 g/mol. The molecular formula is C12H23O3P. The van der Waals surface area contributed by atoms with Crippen LogP contribution >= 0.6 is 7.60 Å². The first-order valence-electron chi connectivity index (χ1n) is 5.74. The molecule has 0 aromatic carbocycles. The van der Waals surface area contributed by atoms with E-state index in [9.17, 15) is 4.57 Å². The molecule has 3 nitrogen and oxygen atoms in total. The van der Waals surface area contributed by atoms with Crippen LogP contribution in [0.25, 0.3) is 0 Å². The Labute approximate surface area is 98.7 Å². The van der Waals surface area contributed by atoms with Crippen LogP contribution in [0.3, 0.4) is 0 Å². The Kier molecular flexibility index (Phi) is 4.39. The van der Waals surface area contributed by atoms with Crippen molar-refractivity contribution in [2.75, 3.05) is 14.2 Å². The maximum atomic E-state index is 12.1. The normalized spacial score (nSPS) is 23.1. The molecule has 1 aliphatic carbocycles. The van der Waals surface area contributed by atoms with Crippen LogP contribution in [0, 0.1) is 11.3 Å². The fraction of sp³-hybridized carbons (Fsp3) is 0.833. The molecule has 1 rings (SSSR count). The Morgan fingerprint density at radius 1 is 1.31 bits per heavy atom. The lowest BCUT2D eigenvalue weighted by Crippen LogP contribution is -2.22. The van der Waals surface area contributed by atoms with Gasteiger partial charge in [0.1, 0.15) is 0 Å². The van der Waals surface area contributed by atoms with Crippen molar-refractivity contribution in [3.63, 3.8) is 0 Å². The second-order valence-electron chi connectivity index (χ2n) is 5.40. The number of hydrogen-bond donors (Lipinski definition) is 0. The summed E-state index contributed by atoms with van der Waals surface area (Å²) in [5, 5.41) is 0.845. The first kappa shape index (κ1) is 14.0. The molecule has 0 spiro atoms. The van der Waals surface area contributed by atoms with E-state index in [1.807, 2.05) is 6.08 Å². The highest BCUT2D eigenvalue weighted by Gasteiger charge is 2.33. The highest BCUT2D eigenvalue weighted by molar-refractivity contribution is 7.58. The van der Waals surface area contributed by atoms with Crippen molar-refractivity contribution >= 4 is 7.60 Å². The molecule has 0 fully saturated rings. The van der Waals surface area contributed by atoms with E-state index in [4.69, 9.17) is 9.05 Å². The Balaban J connectivity index is 2.77. The molecule has 0 saturated heterocycles. The van der Waals surface area contributed by atoms with Gasteiger partial charge in [0.15, 0.2) is 0 Å². The molecule has 0 aliphatic heterocycles. The number of allylic oxidation sites excluding steroid dienone is 2. The van der Waals surface area contributed by atoms with Crippen LogP contribution in [-0.4, -0.2) is 14.2 Å². The zero-order chi connectivity index (χ0) is 12.4. The summed E-state index contributed by atoms with van der Waals surface area (Å²) in [6, 6.07) is 0. The fourth-order valence-corrected chi connectivity index (χ4v) is 3.51. The second kappa shape index (κ2) is 5.03. The van der Waals surface area contributed by atoms with Crippen LogP contribution in [0.2, 0.25) is 0 Å². The van der Waals surface area contributed by atoms with Crippen molar-refractivity contribution in [3.05, 3.63) is 11.4 Å². The second-order valence-corrected chi connectivity index (χ2v) is 7.70.